The Bertz CT molecular complexity index is 343. The van der Waals surface area contributed by atoms with Crippen molar-refractivity contribution < 1.29 is 0 Å². The quantitative estimate of drug-likeness (QED) is 0.815. The summed E-state index contributed by atoms with van der Waals surface area (Å²) in [6.45, 7) is 5.45. The first kappa shape index (κ1) is 12.1. The van der Waals surface area contributed by atoms with Crippen LogP contribution in [0.25, 0.3) is 0 Å². The Balaban J connectivity index is 2.20. The smallest absolute Gasteiger partial charge is 0.187 e. The van der Waals surface area contributed by atoms with Crippen LogP contribution in [0, 0.1) is 0 Å². The van der Waals surface area contributed by atoms with E-state index in [1.54, 1.807) is 0 Å². The van der Waals surface area contributed by atoms with Crippen LogP contribution in [0.2, 0.25) is 5.15 Å². The lowest BCUT2D eigenvalue weighted by atomic mass is 10.2. The molecule has 1 aliphatic rings. The minimum Gasteiger partial charge on any atom is -0.349 e. The number of likely N-dealkylation sites (N-methyl/N-ethyl adjacent to an activating group) is 1. The Morgan fingerprint density at radius 3 is 2.88 bits per heavy atom. The highest BCUT2D eigenvalue weighted by atomic mass is 35.5. The number of nitrogens with zero attached hydrogens (tertiary/aromatic N) is 4. The molecule has 1 saturated heterocycles. The first-order valence-electron chi connectivity index (χ1n) is 5.65. The largest absolute Gasteiger partial charge is 0.349 e. The molecule has 0 N–H and O–H groups in total. The van der Waals surface area contributed by atoms with Gasteiger partial charge in [-0.3, -0.25) is 0 Å². The van der Waals surface area contributed by atoms with Gasteiger partial charge in [-0.1, -0.05) is 18.5 Å². The highest BCUT2D eigenvalue weighted by Crippen LogP contribution is 2.27. The van der Waals surface area contributed by atoms with Gasteiger partial charge in [0.2, 0.25) is 0 Å². The highest BCUT2D eigenvalue weighted by molar-refractivity contribution is 6.99. The Kier molecular flexibility index (Phi) is 4.00. The number of hydrogen-bond acceptors (Lipinski definition) is 5. The van der Waals surface area contributed by atoms with Gasteiger partial charge >= 0.3 is 0 Å². The average Bonchev–Trinajstić information content (AvgIpc) is 2.58. The van der Waals surface area contributed by atoms with Crippen molar-refractivity contribution >= 4 is 29.1 Å². The van der Waals surface area contributed by atoms with Crippen molar-refractivity contribution in [1.29, 1.82) is 0 Å². The molecule has 0 radical (unpaired) electrons. The molecule has 2 rings (SSSR count). The maximum Gasteiger partial charge on any atom is 0.187 e. The van der Waals surface area contributed by atoms with Crippen molar-refractivity contribution in [3.63, 3.8) is 0 Å². The molecule has 1 fully saturated rings. The van der Waals surface area contributed by atoms with Gasteiger partial charge in [0.15, 0.2) is 11.0 Å². The molecule has 0 aromatic carbocycles. The third kappa shape index (κ3) is 2.47. The summed E-state index contributed by atoms with van der Waals surface area (Å²) in [5, 5.41) is 0.549. The van der Waals surface area contributed by atoms with Crippen molar-refractivity contribution in [1.82, 2.24) is 13.6 Å². The molecule has 0 bridgehead atoms. The molecule has 1 aliphatic heterocycles. The average molecular weight is 261 g/mol. The number of rotatable bonds is 2. The molecule has 90 valence electrons. The summed E-state index contributed by atoms with van der Waals surface area (Å²) in [5.41, 5.74) is 0. The summed E-state index contributed by atoms with van der Waals surface area (Å²) in [6, 6.07) is 0.494. The Morgan fingerprint density at radius 2 is 2.25 bits per heavy atom. The van der Waals surface area contributed by atoms with Gasteiger partial charge in [-0.2, -0.15) is 8.75 Å². The van der Waals surface area contributed by atoms with Crippen LogP contribution >= 0.6 is 23.3 Å². The van der Waals surface area contributed by atoms with E-state index in [9.17, 15) is 0 Å². The fourth-order valence-corrected chi connectivity index (χ4v) is 2.97. The van der Waals surface area contributed by atoms with Gasteiger partial charge in [0, 0.05) is 19.1 Å². The number of halogens is 1. The highest BCUT2D eigenvalue weighted by Gasteiger charge is 2.25. The van der Waals surface area contributed by atoms with Crippen molar-refractivity contribution in [2.45, 2.75) is 25.8 Å². The standard InChI is InChI=1S/C10H17ClN4S/c1-3-8-7-14(2)5-4-6-15(8)10-9(11)12-16-13-10/h8H,3-7H2,1-2H3. The summed E-state index contributed by atoms with van der Waals surface area (Å²) < 4.78 is 8.36. The van der Waals surface area contributed by atoms with Gasteiger partial charge in [-0.05, 0) is 26.4 Å². The SMILES string of the molecule is CCC1CN(C)CCCN1c1nsnc1Cl. The van der Waals surface area contributed by atoms with Gasteiger partial charge in [-0.25, -0.2) is 0 Å². The van der Waals surface area contributed by atoms with Crippen LogP contribution in [0.4, 0.5) is 5.82 Å². The second-order valence-electron chi connectivity index (χ2n) is 4.25. The van der Waals surface area contributed by atoms with E-state index in [4.69, 9.17) is 11.6 Å². The van der Waals surface area contributed by atoms with Gasteiger partial charge in [-0.15, -0.1) is 0 Å². The van der Waals surface area contributed by atoms with E-state index in [1.807, 2.05) is 0 Å². The lowest BCUT2D eigenvalue weighted by Gasteiger charge is -2.30. The van der Waals surface area contributed by atoms with Crippen LogP contribution in [0.15, 0.2) is 0 Å². The van der Waals surface area contributed by atoms with E-state index in [0.29, 0.717) is 11.2 Å². The maximum absolute atomic E-state index is 6.07. The summed E-state index contributed by atoms with van der Waals surface area (Å²) in [6.07, 6.45) is 2.26. The van der Waals surface area contributed by atoms with E-state index >= 15 is 0 Å². The van der Waals surface area contributed by atoms with Crippen LogP contribution in [-0.2, 0) is 0 Å². The number of aromatic nitrogens is 2. The second-order valence-corrected chi connectivity index (χ2v) is 5.14. The predicted octanol–water partition coefficient (Wildman–Crippen LogP) is 2.11. The van der Waals surface area contributed by atoms with Gasteiger partial charge in [0.1, 0.15) is 0 Å². The first-order valence-corrected chi connectivity index (χ1v) is 6.76. The Hall–Kier alpha value is -0.390. The van der Waals surface area contributed by atoms with Crippen LogP contribution in [-0.4, -0.2) is 46.4 Å². The molecule has 1 unspecified atom stereocenters. The monoisotopic (exact) mass is 260 g/mol. The normalized spacial score (nSPS) is 23.4. The van der Waals surface area contributed by atoms with Gasteiger partial charge < -0.3 is 9.80 Å². The molecule has 1 aromatic rings. The molecule has 0 saturated carbocycles. The Morgan fingerprint density at radius 1 is 1.44 bits per heavy atom. The number of anilines is 1. The fraction of sp³-hybridized carbons (Fsp3) is 0.800. The third-order valence-corrected chi connectivity index (χ3v) is 3.95. The molecular formula is C10H17ClN4S. The molecule has 1 aromatic heterocycles. The molecule has 0 spiro atoms. The van der Waals surface area contributed by atoms with Crippen molar-refractivity contribution in [2.24, 2.45) is 0 Å². The summed E-state index contributed by atoms with van der Waals surface area (Å²) in [5.74, 6) is 0.869. The lowest BCUT2D eigenvalue weighted by molar-refractivity contribution is 0.328. The molecule has 0 aliphatic carbocycles. The fourth-order valence-electron chi connectivity index (χ4n) is 2.22. The predicted molar refractivity (Wildman–Crippen MR) is 68.5 cm³/mol. The molecule has 6 heteroatoms. The minimum absolute atomic E-state index is 0.494. The first-order chi connectivity index (χ1) is 7.72. The van der Waals surface area contributed by atoms with E-state index in [-0.39, 0.29) is 0 Å². The zero-order valence-electron chi connectivity index (χ0n) is 9.69. The molecule has 1 atom stereocenters. The lowest BCUT2D eigenvalue weighted by Crippen LogP contribution is -2.40. The zero-order valence-corrected chi connectivity index (χ0v) is 11.3. The minimum atomic E-state index is 0.494. The molecule has 0 amide bonds. The van der Waals surface area contributed by atoms with Crippen LogP contribution in [0.1, 0.15) is 19.8 Å². The molecule has 4 nitrogen and oxygen atoms in total. The van der Waals surface area contributed by atoms with Crippen molar-refractivity contribution in [3.05, 3.63) is 5.15 Å². The summed E-state index contributed by atoms with van der Waals surface area (Å²) in [4.78, 5) is 4.69. The van der Waals surface area contributed by atoms with Crippen molar-refractivity contribution in [2.75, 3.05) is 31.6 Å². The molecule has 16 heavy (non-hydrogen) atoms. The van der Waals surface area contributed by atoms with E-state index in [2.05, 4.69) is 32.5 Å². The van der Waals surface area contributed by atoms with Gasteiger partial charge in [0.05, 0.1) is 11.7 Å². The van der Waals surface area contributed by atoms with Crippen LogP contribution in [0.5, 0.6) is 0 Å². The Labute approximate surface area is 106 Å². The van der Waals surface area contributed by atoms with Crippen LogP contribution < -0.4 is 4.90 Å². The third-order valence-electron chi connectivity index (χ3n) is 3.08. The van der Waals surface area contributed by atoms with E-state index in [0.717, 1.165) is 38.3 Å². The summed E-state index contributed by atoms with van der Waals surface area (Å²) in [7, 11) is 2.17. The number of hydrogen-bond donors (Lipinski definition) is 0. The molecule has 2 heterocycles. The van der Waals surface area contributed by atoms with E-state index in [1.165, 1.54) is 11.7 Å². The maximum atomic E-state index is 6.07. The zero-order chi connectivity index (χ0) is 11.5. The molecular weight excluding hydrogens is 244 g/mol. The second kappa shape index (κ2) is 5.29. The van der Waals surface area contributed by atoms with Crippen molar-refractivity contribution in [3.8, 4) is 0 Å². The van der Waals surface area contributed by atoms with Crippen LogP contribution in [0.3, 0.4) is 0 Å². The summed E-state index contributed by atoms with van der Waals surface area (Å²) >= 11 is 7.26. The van der Waals surface area contributed by atoms with Gasteiger partial charge in [0.25, 0.3) is 0 Å². The van der Waals surface area contributed by atoms with E-state index < -0.39 is 0 Å². The topological polar surface area (TPSA) is 32.3 Å².